The van der Waals surface area contributed by atoms with Crippen LogP contribution in [0.3, 0.4) is 0 Å². The van der Waals surface area contributed by atoms with E-state index in [1.807, 2.05) is 4.90 Å². The van der Waals surface area contributed by atoms with Crippen LogP contribution in [-0.4, -0.2) is 52.8 Å². The fourth-order valence-corrected chi connectivity index (χ4v) is 6.62. The number of amides is 4. The first-order valence-electron chi connectivity index (χ1n) is 11.2. The third-order valence-corrected chi connectivity index (χ3v) is 7.49. The Morgan fingerprint density at radius 2 is 2.00 bits per heavy atom. The van der Waals surface area contributed by atoms with Gasteiger partial charge in [0.1, 0.15) is 12.1 Å². The Hall–Kier alpha value is -1.85. The molecule has 3 fully saturated rings. The highest BCUT2D eigenvalue weighted by Gasteiger charge is 2.56. The van der Waals surface area contributed by atoms with Crippen LogP contribution < -0.4 is 5.32 Å². The van der Waals surface area contributed by atoms with E-state index in [2.05, 4.69) is 38.2 Å². The fourth-order valence-electron chi connectivity index (χ4n) is 6.62. The van der Waals surface area contributed by atoms with Gasteiger partial charge in [0, 0.05) is 13.1 Å². The average Bonchev–Trinajstić information content (AvgIpc) is 2.84. The Morgan fingerprint density at radius 1 is 1.21 bits per heavy atom. The SMILES string of the molecule is CC1CC(C)(C)CC2(C1)NC(=O)N(CC(=O)N1CCCC3(CC=CCC3)C1)C2=O. The third kappa shape index (κ3) is 3.82. The Balaban J connectivity index is 1.45. The second-order valence-electron chi connectivity index (χ2n) is 10.9. The summed E-state index contributed by atoms with van der Waals surface area (Å²) in [6.07, 6.45) is 12.2. The van der Waals surface area contributed by atoms with E-state index in [9.17, 15) is 14.4 Å². The summed E-state index contributed by atoms with van der Waals surface area (Å²) in [5.74, 6) is 0.0602. The first-order valence-corrected chi connectivity index (χ1v) is 11.2. The molecule has 0 aromatic heterocycles. The molecule has 0 aromatic carbocycles. The summed E-state index contributed by atoms with van der Waals surface area (Å²) in [6.45, 7) is 7.79. The highest BCUT2D eigenvalue weighted by molar-refractivity contribution is 6.09. The van der Waals surface area contributed by atoms with Gasteiger partial charge in [-0.1, -0.05) is 32.9 Å². The third-order valence-electron chi connectivity index (χ3n) is 7.49. The smallest absolute Gasteiger partial charge is 0.325 e. The molecule has 2 spiro atoms. The Bertz CT molecular complexity index is 746. The predicted molar refractivity (Wildman–Crippen MR) is 111 cm³/mol. The van der Waals surface area contributed by atoms with Crippen LogP contribution >= 0.6 is 0 Å². The molecule has 0 bridgehead atoms. The number of imide groups is 1. The van der Waals surface area contributed by atoms with E-state index in [1.54, 1.807) is 0 Å². The number of nitrogens with one attached hydrogen (secondary N) is 1. The van der Waals surface area contributed by atoms with Gasteiger partial charge >= 0.3 is 6.03 Å². The van der Waals surface area contributed by atoms with E-state index in [4.69, 9.17) is 0 Å². The normalized spacial score (nSPS) is 36.7. The largest absolute Gasteiger partial charge is 0.341 e. The molecule has 0 radical (unpaired) electrons. The molecule has 0 aromatic rings. The maximum Gasteiger partial charge on any atom is 0.325 e. The van der Waals surface area contributed by atoms with E-state index in [0.29, 0.717) is 18.8 Å². The summed E-state index contributed by atoms with van der Waals surface area (Å²) in [5.41, 5.74) is -0.659. The quantitative estimate of drug-likeness (QED) is 0.569. The van der Waals surface area contributed by atoms with Gasteiger partial charge in [0.15, 0.2) is 0 Å². The first kappa shape index (κ1) is 20.4. The van der Waals surface area contributed by atoms with Gasteiger partial charge in [0.2, 0.25) is 5.91 Å². The van der Waals surface area contributed by atoms with E-state index < -0.39 is 11.6 Å². The lowest BCUT2D eigenvalue weighted by Crippen LogP contribution is -2.54. The fraction of sp³-hybridized carbons (Fsp3) is 0.783. The molecule has 4 rings (SSSR count). The van der Waals surface area contributed by atoms with E-state index >= 15 is 0 Å². The van der Waals surface area contributed by atoms with Gasteiger partial charge in [-0.15, -0.1) is 0 Å². The minimum atomic E-state index is -0.837. The monoisotopic (exact) mass is 401 g/mol. The van der Waals surface area contributed by atoms with Crippen molar-refractivity contribution in [3.8, 4) is 0 Å². The summed E-state index contributed by atoms with van der Waals surface area (Å²) in [6, 6.07) is -0.402. The first-order chi connectivity index (χ1) is 13.6. The van der Waals surface area contributed by atoms with Crippen molar-refractivity contribution >= 4 is 17.8 Å². The van der Waals surface area contributed by atoms with Crippen molar-refractivity contribution in [2.75, 3.05) is 19.6 Å². The molecular weight excluding hydrogens is 366 g/mol. The summed E-state index contributed by atoms with van der Waals surface area (Å²) in [5, 5.41) is 2.98. The molecule has 4 aliphatic rings. The highest BCUT2D eigenvalue weighted by Crippen LogP contribution is 2.46. The number of nitrogens with zero attached hydrogens (tertiary/aromatic N) is 2. The molecule has 6 heteroatoms. The number of rotatable bonds is 2. The molecule has 4 amide bonds. The molecule has 2 aliphatic heterocycles. The lowest BCUT2D eigenvalue weighted by atomic mass is 9.64. The summed E-state index contributed by atoms with van der Waals surface area (Å²) < 4.78 is 0. The standard InChI is InChI=1S/C23H35N3O3/c1-17-12-21(2,3)15-23(13-17)19(28)26(20(29)24-23)14-18(27)25-11-7-10-22(16-25)8-5-4-6-9-22/h4-5,17H,6-16H2,1-3H3,(H,24,29). The van der Waals surface area contributed by atoms with Crippen LogP contribution in [0, 0.1) is 16.7 Å². The topological polar surface area (TPSA) is 69.7 Å². The maximum atomic E-state index is 13.3. The molecule has 2 aliphatic carbocycles. The van der Waals surface area contributed by atoms with Crippen LogP contribution in [0.25, 0.3) is 0 Å². The Morgan fingerprint density at radius 3 is 2.69 bits per heavy atom. The highest BCUT2D eigenvalue weighted by atomic mass is 16.2. The van der Waals surface area contributed by atoms with Crippen LogP contribution in [0.4, 0.5) is 4.79 Å². The molecule has 1 saturated carbocycles. The zero-order chi connectivity index (χ0) is 20.9. The number of carbonyl (C=O) groups excluding carboxylic acids is 3. The minimum Gasteiger partial charge on any atom is -0.341 e. The van der Waals surface area contributed by atoms with Gasteiger partial charge in [0.05, 0.1) is 0 Å². The molecule has 2 heterocycles. The number of hydrogen-bond donors (Lipinski definition) is 1. The van der Waals surface area contributed by atoms with Gasteiger partial charge in [-0.2, -0.15) is 0 Å². The minimum absolute atomic E-state index is 0.00558. The van der Waals surface area contributed by atoms with Crippen molar-refractivity contribution in [2.45, 2.75) is 77.7 Å². The van der Waals surface area contributed by atoms with E-state index in [1.165, 1.54) is 4.90 Å². The van der Waals surface area contributed by atoms with Gasteiger partial charge in [-0.3, -0.25) is 14.5 Å². The van der Waals surface area contributed by atoms with Crippen molar-refractivity contribution in [1.29, 1.82) is 0 Å². The molecule has 29 heavy (non-hydrogen) atoms. The number of hydrogen-bond acceptors (Lipinski definition) is 3. The van der Waals surface area contributed by atoms with Crippen molar-refractivity contribution in [1.82, 2.24) is 15.1 Å². The zero-order valence-corrected chi connectivity index (χ0v) is 18.1. The van der Waals surface area contributed by atoms with Gasteiger partial charge in [0.25, 0.3) is 5.91 Å². The predicted octanol–water partition coefficient (Wildman–Crippen LogP) is 3.47. The van der Waals surface area contributed by atoms with Crippen LogP contribution in [0.15, 0.2) is 12.2 Å². The summed E-state index contributed by atoms with van der Waals surface area (Å²) in [7, 11) is 0. The second-order valence-corrected chi connectivity index (χ2v) is 10.9. The summed E-state index contributed by atoms with van der Waals surface area (Å²) >= 11 is 0. The van der Waals surface area contributed by atoms with E-state index in [-0.39, 0.29) is 29.2 Å². The van der Waals surface area contributed by atoms with Crippen molar-refractivity contribution in [3.63, 3.8) is 0 Å². The van der Waals surface area contributed by atoms with Gasteiger partial charge < -0.3 is 10.2 Å². The molecular formula is C23H35N3O3. The van der Waals surface area contributed by atoms with Crippen molar-refractivity contribution < 1.29 is 14.4 Å². The van der Waals surface area contributed by atoms with Gasteiger partial charge in [-0.25, -0.2) is 4.79 Å². The summed E-state index contributed by atoms with van der Waals surface area (Å²) in [4.78, 5) is 42.1. The molecule has 3 atom stereocenters. The lowest BCUT2D eigenvalue weighted by Gasteiger charge is -2.44. The molecule has 2 saturated heterocycles. The van der Waals surface area contributed by atoms with Crippen molar-refractivity contribution in [2.24, 2.45) is 16.7 Å². The number of carbonyl (C=O) groups is 3. The second kappa shape index (κ2) is 7.13. The van der Waals surface area contributed by atoms with Gasteiger partial charge in [-0.05, 0) is 68.1 Å². The molecule has 160 valence electrons. The lowest BCUT2D eigenvalue weighted by molar-refractivity contribution is -0.142. The number of allylic oxidation sites excluding steroid dienone is 2. The Kier molecular flexibility index (Phi) is 5.02. The maximum absolute atomic E-state index is 13.3. The van der Waals surface area contributed by atoms with Crippen LogP contribution in [0.5, 0.6) is 0 Å². The number of urea groups is 1. The number of piperidine rings is 1. The zero-order valence-electron chi connectivity index (χ0n) is 18.1. The van der Waals surface area contributed by atoms with Crippen LogP contribution in [0.1, 0.15) is 72.1 Å². The van der Waals surface area contributed by atoms with Crippen LogP contribution in [0.2, 0.25) is 0 Å². The molecule has 3 unspecified atom stereocenters. The molecule has 1 N–H and O–H groups in total. The van der Waals surface area contributed by atoms with Crippen molar-refractivity contribution in [3.05, 3.63) is 12.2 Å². The Labute approximate surface area is 174 Å². The van der Waals surface area contributed by atoms with E-state index in [0.717, 1.165) is 51.6 Å². The molecule has 6 nitrogen and oxygen atoms in total. The van der Waals surface area contributed by atoms with Crippen LogP contribution in [-0.2, 0) is 9.59 Å². The average molecular weight is 402 g/mol. The number of likely N-dealkylation sites (tertiary alicyclic amines) is 1.